The second kappa shape index (κ2) is 5.93. The Bertz CT molecular complexity index is 405. The fourth-order valence-corrected chi connectivity index (χ4v) is 2.77. The van der Waals surface area contributed by atoms with E-state index in [1.165, 1.54) is 5.56 Å². The van der Waals surface area contributed by atoms with E-state index < -0.39 is 0 Å². The smallest absolute Gasteiger partial charge is 0.165 e. The molecule has 3 nitrogen and oxygen atoms in total. The van der Waals surface area contributed by atoms with Crippen LogP contribution >= 0.6 is 24.0 Å². The summed E-state index contributed by atoms with van der Waals surface area (Å²) in [7, 11) is 0. The fraction of sp³-hybridized carbons (Fsp3) is 0.250. The Labute approximate surface area is 111 Å². The van der Waals surface area contributed by atoms with Crippen LogP contribution in [0, 0.1) is 0 Å². The van der Waals surface area contributed by atoms with Crippen molar-refractivity contribution in [1.82, 2.24) is 10.2 Å². The van der Waals surface area contributed by atoms with Crippen molar-refractivity contribution < 1.29 is 0 Å². The number of nitrogens with one attached hydrogen (secondary N) is 1. The molecule has 0 aromatic heterocycles. The maximum absolute atomic E-state index is 5.49. The Morgan fingerprint density at radius 3 is 2.88 bits per heavy atom. The zero-order valence-electron chi connectivity index (χ0n) is 9.37. The van der Waals surface area contributed by atoms with E-state index in [0.29, 0.717) is 5.11 Å². The van der Waals surface area contributed by atoms with Gasteiger partial charge in [-0.25, -0.2) is 0 Å². The first-order valence-electron chi connectivity index (χ1n) is 5.43. The number of hydrogen-bond donors (Lipinski definition) is 2. The van der Waals surface area contributed by atoms with Crippen LogP contribution in [0.25, 0.3) is 0 Å². The maximum atomic E-state index is 5.49. The highest BCUT2D eigenvalue weighted by Gasteiger charge is 2.19. The van der Waals surface area contributed by atoms with Gasteiger partial charge in [0.1, 0.15) is 0 Å². The van der Waals surface area contributed by atoms with Gasteiger partial charge in [-0.3, -0.25) is 0 Å². The highest BCUT2D eigenvalue weighted by atomic mass is 32.2. The van der Waals surface area contributed by atoms with E-state index in [2.05, 4.69) is 46.1 Å². The first-order valence-corrected chi connectivity index (χ1v) is 6.78. The maximum Gasteiger partial charge on any atom is 0.165 e. The molecule has 0 bridgehead atoms. The summed E-state index contributed by atoms with van der Waals surface area (Å²) in [5.74, 6) is 0. The largest absolute Gasteiger partial charge is 0.376 e. The summed E-state index contributed by atoms with van der Waals surface area (Å²) in [6.45, 7) is 0.952. The third kappa shape index (κ3) is 3.64. The number of rotatable bonds is 4. The standard InChI is InChI=1S/C12H15N3S2/c13-11(16)14-12-15(8-9-17-12)7-6-10-4-2-1-3-5-10/h1-5,8-9,12H,6-7H2,(H3,13,14,16). The summed E-state index contributed by atoms with van der Waals surface area (Å²) >= 11 is 6.54. The highest BCUT2D eigenvalue weighted by Crippen LogP contribution is 2.22. The predicted molar refractivity (Wildman–Crippen MR) is 77.3 cm³/mol. The molecule has 1 aromatic carbocycles. The van der Waals surface area contributed by atoms with Crippen molar-refractivity contribution in [3.05, 3.63) is 47.5 Å². The minimum atomic E-state index is 0.135. The lowest BCUT2D eigenvalue weighted by Crippen LogP contribution is -2.44. The molecule has 0 radical (unpaired) electrons. The minimum absolute atomic E-state index is 0.135. The number of nitrogens with zero attached hydrogens (tertiary/aromatic N) is 1. The van der Waals surface area contributed by atoms with Crippen LogP contribution in [0.1, 0.15) is 5.56 Å². The van der Waals surface area contributed by atoms with E-state index in [1.807, 2.05) is 6.07 Å². The van der Waals surface area contributed by atoms with Gasteiger partial charge in [0.05, 0.1) is 0 Å². The van der Waals surface area contributed by atoms with Crippen LogP contribution in [0.15, 0.2) is 41.9 Å². The molecule has 3 N–H and O–H groups in total. The second-order valence-corrected chi connectivity index (χ2v) is 5.19. The van der Waals surface area contributed by atoms with Crippen LogP contribution < -0.4 is 11.1 Å². The van der Waals surface area contributed by atoms with E-state index >= 15 is 0 Å². The van der Waals surface area contributed by atoms with Gasteiger partial charge in [0.15, 0.2) is 10.6 Å². The molecule has 0 aliphatic carbocycles. The van der Waals surface area contributed by atoms with Gasteiger partial charge in [-0.1, -0.05) is 42.1 Å². The first kappa shape index (κ1) is 12.3. The van der Waals surface area contributed by atoms with Crippen LogP contribution in [0.2, 0.25) is 0 Å². The van der Waals surface area contributed by atoms with Gasteiger partial charge in [-0.2, -0.15) is 0 Å². The monoisotopic (exact) mass is 265 g/mol. The van der Waals surface area contributed by atoms with Crippen LogP contribution in [-0.4, -0.2) is 22.1 Å². The van der Waals surface area contributed by atoms with Gasteiger partial charge in [0.2, 0.25) is 0 Å². The zero-order valence-corrected chi connectivity index (χ0v) is 11.0. The van der Waals surface area contributed by atoms with E-state index in [-0.39, 0.29) is 5.50 Å². The lowest BCUT2D eigenvalue weighted by molar-refractivity contribution is 0.351. The molecule has 1 atom stereocenters. The molecule has 1 aliphatic heterocycles. The molecule has 1 aliphatic rings. The van der Waals surface area contributed by atoms with E-state index in [4.69, 9.17) is 18.0 Å². The number of thioether (sulfide) groups is 1. The number of nitrogens with two attached hydrogens (primary N) is 1. The molecule has 0 amide bonds. The molecule has 1 unspecified atom stereocenters. The SMILES string of the molecule is NC(=S)NC1SC=CN1CCc1ccccc1. The molecular weight excluding hydrogens is 250 g/mol. The summed E-state index contributed by atoms with van der Waals surface area (Å²) in [5, 5.41) is 5.46. The third-order valence-electron chi connectivity index (χ3n) is 2.53. The predicted octanol–water partition coefficient (Wildman–Crippen LogP) is 1.87. The molecule has 1 aromatic rings. The topological polar surface area (TPSA) is 41.3 Å². The molecule has 2 rings (SSSR count). The van der Waals surface area contributed by atoms with Gasteiger partial charge in [-0.05, 0) is 29.6 Å². The third-order valence-corrected chi connectivity index (χ3v) is 3.57. The number of benzene rings is 1. The molecule has 0 spiro atoms. The first-order chi connectivity index (χ1) is 8.25. The normalized spacial score (nSPS) is 18.4. The van der Waals surface area contributed by atoms with Crippen LogP contribution in [0.3, 0.4) is 0 Å². The Hall–Kier alpha value is -1.20. The van der Waals surface area contributed by atoms with Crippen molar-refractivity contribution >= 4 is 29.1 Å². The Morgan fingerprint density at radius 2 is 2.18 bits per heavy atom. The average Bonchev–Trinajstić information content (AvgIpc) is 2.74. The molecule has 90 valence electrons. The summed E-state index contributed by atoms with van der Waals surface area (Å²) < 4.78 is 0. The lowest BCUT2D eigenvalue weighted by atomic mass is 10.1. The number of thiocarbonyl (C=S) groups is 1. The van der Waals surface area contributed by atoms with Crippen molar-refractivity contribution in [3.8, 4) is 0 Å². The number of hydrogen-bond acceptors (Lipinski definition) is 3. The molecule has 1 heterocycles. The summed E-state index contributed by atoms with van der Waals surface area (Å²) in [6.07, 6.45) is 3.09. The second-order valence-electron chi connectivity index (χ2n) is 3.76. The quantitative estimate of drug-likeness (QED) is 0.813. The van der Waals surface area contributed by atoms with Crippen molar-refractivity contribution in [3.63, 3.8) is 0 Å². The van der Waals surface area contributed by atoms with Gasteiger partial charge < -0.3 is 16.0 Å². The highest BCUT2D eigenvalue weighted by molar-refractivity contribution is 8.02. The summed E-state index contributed by atoms with van der Waals surface area (Å²) in [6, 6.07) is 10.4. The minimum Gasteiger partial charge on any atom is -0.376 e. The molecule has 17 heavy (non-hydrogen) atoms. The molecule has 0 saturated heterocycles. The van der Waals surface area contributed by atoms with Gasteiger partial charge >= 0.3 is 0 Å². The molecule has 0 fully saturated rings. The van der Waals surface area contributed by atoms with E-state index in [1.54, 1.807) is 11.8 Å². The van der Waals surface area contributed by atoms with Crippen molar-refractivity contribution in [2.75, 3.05) is 6.54 Å². The van der Waals surface area contributed by atoms with Crippen LogP contribution in [0.5, 0.6) is 0 Å². The van der Waals surface area contributed by atoms with Crippen LogP contribution in [-0.2, 0) is 6.42 Å². The average molecular weight is 265 g/mol. The van der Waals surface area contributed by atoms with Gasteiger partial charge in [0.25, 0.3) is 0 Å². The van der Waals surface area contributed by atoms with Crippen molar-refractivity contribution in [2.45, 2.75) is 11.9 Å². The van der Waals surface area contributed by atoms with E-state index in [9.17, 15) is 0 Å². The Balaban J connectivity index is 1.86. The lowest BCUT2D eigenvalue weighted by Gasteiger charge is -2.25. The van der Waals surface area contributed by atoms with Gasteiger partial charge in [-0.15, -0.1) is 0 Å². The zero-order chi connectivity index (χ0) is 12.1. The molecule has 5 heteroatoms. The summed E-state index contributed by atoms with van der Waals surface area (Å²) in [4.78, 5) is 2.21. The Morgan fingerprint density at radius 1 is 1.41 bits per heavy atom. The van der Waals surface area contributed by atoms with Gasteiger partial charge in [0, 0.05) is 12.7 Å². The fourth-order valence-electron chi connectivity index (χ4n) is 1.68. The van der Waals surface area contributed by atoms with Crippen molar-refractivity contribution in [1.29, 1.82) is 0 Å². The van der Waals surface area contributed by atoms with Crippen molar-refractivity contribution in [2.24, 2.45) is 5.73 Å². The van der Waals surface area contributed by atoms with Crippen LogP contribution in [0.4, 0.5) is 0 Å². The Kier molecular flexibility index (Phi) is 4.28. The van der Waals surface area contributed by atoms with E-state index in [0.717, 1.165) is 13.0 Å². The molecule has 0 saturated carbocycles. The molecular formula is C12H15N3S2. The summed E-state index contributed by atoms with van der Waals surface area (Å²) in [5.41, 5.74) is 6.97.